The van der Waals surface area contributed by atoms with E-state index in [4.69, 9.17) is 0 Å². The number of carbonyl (C=O) groups excluding carboxylic acids is 2. The molecule has 1 aromatic carbocycles. The molecule has 5 nitrogen and oxygen atoms in total. The highest BCUT2D eigenvalue weighted by atomic mass is 32.1. The van der Waals surface area contributed by atoms with Crippen LogP contribution in [0.2, 0.25) is 0 Å². The average Bonchev–Trinajstić information content (AvgIpc) is 3.07. The van der Waals surface area contributed by atoms with Crippen LogP contribution in [0.3, 0.4) is 0 Å². The molecule has 0 unspecified atom stereocenters. The molecule has 1 N–H and O–H groups in total. The van der Waals surface area contributed by atoms with E-state index in [0.29, 0.717) is 16.7 Å². The number of hydrogen-bond acceptors (Lipinski definition) is 4. The second kappa shape index (κ2) is 10.0. The van der Waals surface area contributed by atoms with Gasteiger partial charge in [0, 0.05) is 24.4 Å². The maximum Gasteiger partial charge on any atom is 0.244 e. The lowest BCUT2D eigenvalue weighted by molar-refractivity contribution is -0.117. The maximum atomic E-state index is 12.1. The van der Waals surface area contributed by atoms with E-state index in [1.165, 1.54) is 24.3 Å². The molecule has 144 valence electrons. The van der Waals surface area contributed by atoms with Crippen LogP contribution in [0.1, 0.15) is 46.2 Å². The number of carbonyl (C=O) groups is 2. The SMILES string of the molecule is CC(=O)N(c1ccccc1)c1nc(/C=C\C(=O)N[C@H](C)CCC(C)C)cs1. The van der Waals surface area contributed by atoms with Gasteiger partial charge in [0.15, 0.2) is 5.13 Å². The summed E-state index contributed by atoms with van der Waals surface area (Å²) in [7, 11) is 0. The van der Waals surface area contributed by atoms with Crippen molar-refractivity contribution in [2.75, 3.05) is 4.90 Å². The second-order valence-corrected chi connectivity index (χ2v) is 7.80. The molecule has 0 aliphatic carbocycles. The van der Waals surface area contributed by atoms with Crippen molar-refractivity contribution in [1.29, 1.82) is 0 Å². The number of amides is 2. The van der Waals surface area contributed by atoms with Gasteiger partial charge in [0.05, 0.1) is 11.4 Å². The molecule has 0 spiro atoms. The van der Waals surface area contributed by atoms with Gasteiger partial charge in [-0.3, -0.25) is 14.5 Å². The fourth-order valence-electron chi connectivity index (χ4n) is 2.57. The van der Waals surface area contributed by atoms with E-state index in [1.54, 1.807) is 11.0 Å². The van der Waals surface area contributed by atoms with Crippen molar-refractivity contribution in [3.8, 4) is 0 Å². The van der Waals surface area contributed by atoms with Gasteiger partial charge in [-0.1, -0.05) is 32.0 Å². The van der Waals surface area contributed by atoms with Crippen LogP contribution < -0.4 is 10.2 Å². The highest BCUT2D eigenvalue weighted by molar-refractivity contribution is 7.14. The molecule has 6 heteroatoms. The minimum atomic E-state index is -0.132. The molecule has 0 fully saturated rings. The van der Waals surface area contributed by atoms with Gasteiger partial charge in [-0.25, -0.2) is 4.98 Å². The first-order valence-corrected chi connectivity index (χ1v) is 10.0. The lowest BCUT2D eigenvalue weighted by Gasteiger charge is -2.17. The highest BCUT2D eigenvalue weighted by Crippen LogP contribution is 2.28. The number of hydrogen-bond donors (Lipinski definition) is 1. The summed E-state index contributed by atoms with van der Waals surface area (Å²) in [5.74, 6) is 0.386. The number of rotatable bonds is 8. The molecule has 0 radical (unpaired) electrons. The smallest absolute Gasteiger partial charge is 0.244 e. The number of benzene rings is 1. The van der Waals surface area contributed by atoms with Crippen LogP contribution in [-0.2, 0) is 9.59 Å². The Morgan fingerprint density at radius 2 is 1.89 bits per heavy atom. The monoisotopic (exact) mass is 385 g/mol. The first kappa shape index (κ1) is 20.8. The molecule has 2 rings (SSSR count). The van der Waals surface area contributed by atoms with E-state index in [1.807, 2.05) is 42.6 Å². The Balaban J connectivity index is 2.01. The van der Waals surface area contributed by atoms with Crippen molar-refractivity contribution in [3.63, 3.8) is 0 Å². The second-order valence-electron chi connectivity index (χ2n) is 6.96. The molecule has 0 saturated heterocycles. The van der Waals surface area contributed by atoms with Gasteiger partial charge in [-0.05, 0) is 43.9 Å². The predicted octanol–water partition coefficient (Wildman–Crippen LogP) is 4.78. The minimum Gasteiger partial charge on any atom is -0.350 e. The Labute approximate surface area is 165 Å². The normalized spacial score (nSPS) is 12.3. The fraction of sp³-hybridized carbons (Fsp3) is 0.381. The van der Waals surface area contributed by atoms with E-state index in [-0.39, 0.29) is 17.9 Å². The van der Waals surface area contributed by atoms with E-state index in [9.17, 15) is 9.59 Å². The van der Waals surface area contributed by atoms with Crippen LogP contribution in [0.5, 0.6) is 0 Å². The van der Waals surface area contributed by atoms with Crippen molar-refractivity contribution in [2.45, 2.75) is 46.6 Å². The zero-order valence-electron chi connectivity index (χ0n) is 16.3. The Morgan fingerprint density at radius 1 is 1.19 bits per heavy atom. The Bertz CT molecular complexity index is 784. The summed E-state index contributed by atoms with van der Waals surface area (Å²) in [4.78, 5) is 30.2. The van der Waals surface area contributed by atoms with Crippen LogP contribution in [0.25, 0.3) is 6.08 Å². The number of aromatic nitrogens is 1. The van der Waals surface area contributed by atoms with Gasteiger partial charge in [0.2, 0.25) is 11.8 Å². The zero-order valence-corrected chi connectivity index (χ0v) is 17.1. The van der Waals surface area contributed by atoms with Crippen LogP contribution in [0.15, 0.2) is 41.8 Å². The molecule has 0 aliphatic rings. The number of nitrogens with zero attached hydrogens (tertiary/aromatic N) is 2. The lowest BCUT2D eigenvalue weighted by atomic mass is 10.0. The van der Waals surface area contributed by atoms with Crippen LogP contribution >= 0.6 is 11.3 Å². The first-order chi connectivity index (χ1) is 12.9. The molecular formula is C21H27N3O2S. The molecule has 0 aliphatic heterocycles. The van der Waals surface area contributed by atoms with Gasteiger partial charge < -0.3 is 5.32 Å². The summed E-state index contributed by atoms with van der Waals surface area (Å²) in [6.07, 6.45) is 5.21. The highest BCUT2D eigenvalue weighted by Gasteiger charge is 2.17. The molecule has 1 heterocycles. The molecule has 2 amide bonds. The van der Waals surface area contributed by atoms with Crippen LogP contribution in [0.4, 0.5) is 10.8 Å². The summed E-state index contributed by atoms with van der Waals surface area (Å²) < 4.78 is 0. The van der Waals surface area contributed by atoms with Gasteiger partial charge in [0.1, 0.15) is 0 Å². The molecule has 1 atom stereocenters. The standard InChI is InChI=1S/C21H27N3O2S/c1-15(2)10-11-16(3)22-20(26)13-12-18-14-27-21(23-18)24(17(4)25)19-8-6-5-7-9-19/h5-9,12-16H,10-11H2,1-4H3,(H,22,26)/b13-12-/t16-/m1/s1. The quantitative estimate of drug-likeness (QED) is 0.665. The summed E-state index contributed by atoms with van der Waals surface area (Å²) in [5, 5.41) is 5.38. The van der Waals surface area contributed by atoms with Crippen LogP contribution in [-0.4, -0.2) is 22.8 Å². The average molecular weight is 386 g/mol. The van der Waals surface area contributed by atoms with Crippen molar-refractivity contribution in [1.82, 2.24) is 10.3 Å². The largest absolute Gasteiger partial charge is 0.350 e. The zero-order chi connectivity index (χ0) is 19.8. The van der Waals surface area contributed by atoms with Gasteiger partial charge in [-0.2, -0.15) is 0 Å². The van der Waals surface area contributed by atoms with E-state index in [2.05, 4.69) is 24.1 Å². The number of anilines is 2. The predicted molar refractivity (Wildman–Crippen MR) is 112 cm³/mol. The van der Waals surface area contributed by atoms with Crippen molar-refractivity contribution < 1.29 is 9.59 Å². The third-order valence-electron chi connectivity index (χ3n) is 4.00. The fourth-order valence-corrected chi connectivity index (χ4v) is 3.42. The van der Waals surface area contributed by atoms with E-state index in [0.717, 1.165) is 18.5 Å². The summed E-state index contributed by atoms with van der Waals surface area (Å²) in [5.41, 5.74) is 1.42. The van der Waals surface area contributed by atoms with Gasteiger partial charge in [0.25, 0.3) is 0 Å². The number of nitrogens with one attached hydrogen (secondary N) is 1. The number of para-hydroxylation sites is 1. The molecule has 1 aromatic heterocycles. The Morgan fingerprint density at radius 3 is 2.52 bits per heavy atom. The Kier molecular flexibility index (Phi) is 7.73. The minimum absolute atomic E-state index is 0.109. The number of thiazole rings is 1. The molecule has 0 saturated carbocycles. The Hall–Kier alpha value is -2.47. The van der Waals surface area contributed by atoms with E-state index < -0.39 is 0 Å². The third kappa shape index (κ3) is 6.64. The molecule has 2 aromatic rings. The van der Waals surface area contributed by atoms with Crippen molar-refractivity contribution in [3.05, 3.63) is 47.5 Å². The topological polar surface area (TPSA) is 62.3 Å². The third-order valence-corrected chi connectivity index (χ3v) is 4.85. The van der Waals surface area contributed by atoms with E-state index >= 15 is 0 Å². The van der Waals surface area contributed by atoms with Crippen molar-refractivity contribution in [2.24, 2.45) is 5.92 Å². The summed E-state index contributed by atoms with van der Waals surface area (Å²) in [6.45, 7) is 7.87. The molecule has 27 heavy (non-hydrogen) atoms. The first-order valence-electron chi connectivity index (χ1n) is 9.16. The van der Waals surface area contributed by atoms with Gasteiger partial charge >= 0.3 is 0 Å². The summed E-state index contributed by atoms with van der Waals surface area (Å²) >= 11 is 1.37. The maximum absolute atomic E-state index is 12.1. The summed E-state index contributed by atoms with van der Waals surface area (Å²) in [6, 6.07) is 9.53. The van der Waals surface area contributed by atoms with Crippen LogP contribution in [0, 0.1) is 5.92 Å². The van der Waals surface area contributed by atoms with Gasteiger partial charge in [-0.15, -0.1) is 11.3 Å². The van der Waals surface area contributed by atoms with Crippen molar-refractivity contribution >= 4 is 40.0 Å². The molecular weight excluding hydrogens is 358 g/mol. The lowest BCUT2D eigenvalue weighted by Crippen LogP contribution is -2.31. The molecule has 0 bridgehead atoms.